The molecule has 1 saturated heterocycles. The Kier molecular flexibility index (Phi) is 4.11. The van der Waals surface area contributed by atoms with E-state index < -0.39 is 0 Å². The zero-order chi connectivity index (χ0) is 19.4. The number of hydrogen-bond acceptors (Lipinski definition) is 3. The van der Waals surface area contributed by atoms with E-state index in [0.717, 1.165) is 38.3 Å². The van der Waals surface area contributed by atoms with Gasteiger partial charge in [0, 0.05) is 25.6 Å². The first-order valence-corrected chi connectivity index (χ1v) is 10.8. The predicted octanol–water partition coefficient (Wildman–Crippen LogP) is 3.76. The molecule has 1 aromatic carbocycles. The summed E-state index contributed by atoms with van der Waals surface area (Å²) in [6.45, 7) is 7.08. The standard InChI is InChI=1S/C23H30N4O/c1-17(2)13-27-16-24-25-20(27)19-14-26(15-22(19)9-6-10-22)21(28)23(11-12-23)18-7-4-3-5-8-18/h3-5,7-8,16-17,19H,6,9-15H2,1-2H3. The van der Waals surface area contributed by atoms with E-state index >= 15 is 0 Å². The maximum absolute atomic E-state index is 13.6. The van der Waals surface area contributed by atoms with Crippen molar-refractivity contribution >= 4 is 5.91 Å². The fraction of sp³-hybridized carbons (Fsp3) is 0.609. The van der Waals surface area contributed by atoms with E-state index in [0.29, 0.717) is 17.7 Å². The number of carbonyl (C=O) groups excluding carboxylic acids is 1. The fourth-order valence-electron chi connectivity index (χ4n) is 5.50. The Morgan fingerprint density at radius 2 is 1.93 bits per heavy atom. The lowest BCUT2D eigenvalue weighted by Crippen LogP contribution is -2.41. The fourth-order valence-corrected chi connectivity index (χ4v) is 5.50. The first-order valence-electron chi connectivity index (χ1n) is 10.8. The molecule has 1 atom stereocenters. The Hall–Kier alpha value is -2.17. The molecular formula is C23H30N4O. The highest BCUT2D eigenvalue weighted by Crippen LogP contribution is 2.57. The molecule has 1 aliphatic heterocycles. The molecule has 5 rings (SSSR count). The van der Waals surface area contributed by atoms with E-state index in [-0.39, 0.29) is 10.8 Å². The zero-order valence-corrected chi connectivity index (χ0v) is 17.0. The highest BCUT2D eigenvalue weighted by Gasteiger charge is 2.59. The van der Waals surface area contributed by atoms with Gasteiger partial charge in [0.15, 0.2) is 0 Å². The van der Waals surface area contributed by atoms with Gasteiger partial charge in [0.25, 0.3) is 0 Å². The van der Waals surface area contributed by atoms with Gasteiger partial charge in [0.05, 0.1) is 5.41 Å². The van der Waals surface area contributed by atoms with Crippen LogP contribution >= 0.6 is 0 Å². The van der Waals surface area contributed by atoms with Crippen molar-refractivity contribution in [3.05, 3.63) is 48.0 Å². The first kappa shape index (κ1) is 17.9. The summed E-state index contributed by atoms with van der Waals surface area (Å²) in [5.74, 6) is 2.30. The Labute approximate surface area is 167 Å². The summed E-state index contributed by atoms with van der Waals surface area (Å²) in [5, 5.41) is 8.77. The van der Waals surface area contributed by atoms with Crippen LogP contribution in [0, 0.1) is 11.3 Å². The minimum Gasteiger partial charge on any atom is -0.341 e. The summed E-state index contributed by atoms with van der Waals surface area (Å²) in [7, 11) is 0. The van der Waals surface area contributed by atoms with Crippen LogP contribution in [-0.4, -0.2) is 38.7 Å². The number of nitrogens with zero attached hydrogens (tertiary/aromatic N) is 4. The van der Waals surface area contributed by atoms with Gasteiger partial charge in [-0.05, 0) is 42.6 Å². The van der Waals surface area contributed by atoms with Crippen LogP contribution in [0.1, 0.15) is 63.3 Å². The van der Waals surface area contributed by atoms with Gasteiger partial charge < -0.3 is 9.47 Å². The minimum atomic E-state index is -0.271. The second kappa shape index (κ2) is 6.43. The SMILES string of the molecule is CC(C)Cn1cnnc1C1CN(C(=O)C2(c3ccccc3)CC2)CC12CCC2. The third-order valence-corrected chi connectivity index (χ3v) is 7.29. The smallest absolute Gasteiger partial charge is 0.233 e. The van der Waals surface area contributed by atoms with E-state index in [1.165, 1.54) is 24.8 Å². The van der Waals surface area contributed by atoms with E-state index in [2.05, 4.69) is 57.8 Å². The first-order chi connectivity index (χ1) is 13.5. The van der Waals surface area contributed by atoms with Gasteiger partial charge in [0.1, 0.15) is 12.2 Å². The molecule has 3 aliphatic rings. The number of rotatable bonds is 5. The molecule has 2 aromatic rings. The van der Waals surface area contributed by atoms with Crippen molar-refractivity contribution in [1.82, 2.24) is 19.7 Å². The third-order valence-electron chi connectivity index (χ3n) is 7.29. The third kappa shape index (κ3) is 2.70. The number of likely N-dealkylation sites (tertiary alicyclic amines) is 1. The average Bonchev–Trinajstić information content (AvgIpc) is 3.18. The highest BCUT2D eigenvalue weighted by molar-refractivity contribution is 5.91. The van der Waals surface area contributed by atoms with Crippen LogP contribution in [0.5, 0.6) is 0 Å². The molecule has 5 heteroatoms. The maximum atomic E-state index is 13.6. The van der Waals surface area contributed by atoms with Crippen molar-refractivity contribution < 1.29 is 4.79 Å². The van der Waals surface area contributed by atoms with Crippen molar-refractivity contribution in [3.8, 4) is 0 Å². The largest absolute Gasteiger partial charge is 0.341 e. The van der Waals surface area contributed by atoms with Crippen molar-refractivity contribution in [2.75, 3.05) is 13.1 Å². The van der Waals surface area contributed by atoms with E-state index in [1.54, 1.807) is 0 Å². The predicted molar refractivity (Wildman–Crippen MR) is 108 cm³/mol. The van der Waals surface area contributed by atoms with Crippen molar-refractivity contribution in [3.63, 3.8) is 0 Å². The van der Waals surface area contributed by atoms with E-state index in [1.807, 2.05) is 12.4 Å². The van der Waals surface area contributed by atoms with Crippen LogP contribution in [0.2, 0.25) is 0 Å². The molecule has 2 heterocycles. The van der Waals surface area contributed by atoms with Crippen LogP contribution in [0.3, 0.4) is 0 Å². The zero-order valence-electron chi connectivity index (χ0n) is 17.0. The molecule has 28 heavy (non-hydrogen) atoms. The molecule has 1 aromatic heterocycles. The minimum absolute atomic E-state index is 0.212. The van der Waals surface area contributed by atoms with Gasteiger partial charge in [-0.1, -0.05) is 50.6 Å². The number of carbonyl (C=O) groups is 1. The average molecular weight is 379 g/mol. The van der Waals surface area contributed by atoms with E-state index in [4.69, 9.17) is 0 Å². The summed E-state index contributed by atoms with van der Waals surface area (Å²) >= 11 is 0. The molecule has 148 valence electrons. The van der Waals surface area contributed by atoms with Crippen LogP contribution in [0.15, 0.2) is 36.7 Å². The Morgan fingerprint density at radius 3 is 2.54 bits per heavy atom. The summed E-state index contributed by atoms with van der Waals surface area (Å²) in [6.07, 6.45) is 7.50. The second-order valence-electron chi connectivity index (χ2n) is 9.64. The Balaban J connectivity index is 1.42. The summed E-state index contributed by atoms with van der Waals surface area (Å²) in [4.78, 5) is 15.8. The number of hydrogen-bond donors (Lipinski definition) is 0. The van der Waals surface area contributed by atoms with Crippen LogP contribution in [0.4, 0.5) is 0 Å². The van der Waals surface area contributed by atoms with Crippen LogP contribution < -0.4 is 0 Å². The molecule has 5 nitrogen and oxygen atoms in total. The Morgan fingerprint density at radius 1 is 1.18 bits per heavy atom. The van der Waals surface area contributed by atoms with Gasteiger partial charge in [-0.3, -0.25) is 4.79 Å². The molecule has 2 saturated carbocycles. The normalized spacial score (nSPS) is 24.5. The van der Waals surface area contributed by atoms with Gasteiger partial charge >= 0.3 is 0 Å². The van der Waals surface area contributed by atoms with E-state index in [9.17, 15) is 4.79 Å². The molecule has 1 spiro atoms. The lowest BCUT2D eigenvalue weighted by Gasteiger charge is -2.42. The molecule has 0 bridgehead atoms. The van der Waals surface area contributed by atoms with Crippen molar-refractivity contribution in [2.45, 2.75) is 63.8 Å². The Bertz CT molecular complexity index is 864. The second-order valence-corrected chi connectivity index (χ2v) is 9.64. The molecule has 3 fully saturated rings. The van der Waals surface area contributed by atoms with Crippen molar-refractivity contribution in [2.24, 2.45) is 11.3 Å². The monoisotopic (exact) mass is 378 g/mol. The molecule has 1 amide bonds. The lowest BCUT2D eigenvalue weighted by atomic mass is 9.62. The quantitative estimate of drug-likeness (QED) is 0.796. The number of amides is 1. The van der Waals surface area contributed by atoms with Gasteiger partial charge in [-0.15, -0.1) is 10.2 Å². The van der Waals surface area contributed by atoms with Gasteiger partial charge in [-0.2, -0.15) is 0 Å². The lowest BCUT2D eigenvalue weighted by molar-refractivity contribution is -0.133. The van der Waals surface area contributed by atoms with Gasteiger partial charge in [0.2, 0.25) is 5.91 Å². The molecule has 2 aliphatic carbocycles. The maximum Gasteiger partial charge on any atom is 0.233 e. The molecule has 1 unspecified atom stereocenters. The molecule has 0 N–H and O–H groups in total. The summed E-state index contributed by atoms with van der Waals surface area (Å²) in [5.41, 5.74) is 1.13. The molecular weight excluding hydrogens is 348 g/mol. The van der Waals surface area contributed by atoms with Crippen LogP contribution in [0.25, 0.3) is 0 Å². The number of benzene rings is 1. The molecule has 0 radical (unpaired) electrons. The number of aromatic nitrogens is 3. The van der Waals surface area contributed by atoms with Crippen molar-refractivity contribution in [1.29, 1.82) is 0 Å². The van der Waals surface area contributed by atoms with Crippen LogP contribution in [-0.2, 0) is 16.8 Å². The highest BCUT2D eigenvalue weighted by atomic mass is 16.2. The van der Waals surface area contributed by atoms with Gasteiger partial charge in [-0.25, -0.2) is 0 Å². The topological polar surface area (TPSA) is 51.0 Å². The summed E-state index contributed by atoms with van der Waals surface area (Å²) in [6, 6.07) is 10.4. The summed E-state index contributed by atoms with van der Waals surface area (Å²) < 4.78 is 2.23.